The molecule has 1 N–H and O–H groups in total. The van der Waals surface area contributed by atoms with Crippen LogP contribution in [0.15, 0.2) is 59.5 Å². The van der Waals surface area contributed by atoms with Crippen LogP contribution in [0.4, 0.5) is 9.59 Å². The van der Waals surface area contributed by atoms with Crippen molar-refractivity contribution in [3.63, 3.8) is 0 Å². The summed E-state index contributed by atoms with van der Waals surface area (Å²) in [5.41, 5.74) is -0.352. The second-order valence-electron chi connectivity index (χ2n) is 12.3. The van der Waals surface area contributed by atoms with Gasteiger partial charge in [0.2, 0.25) is 10.0 Å². The zero-order valence-corrected chi connectivity index (χ0v) is 27.0. The van der Waals surface area contributed by atoms with Gasteiger partial charge in [-0.05, 0) is 64.8 Å². The molecule has 2 aliphatic heterocycles. The van der Waals surface area contributed by atoms with Gasteiger partial charge in [-0.15, -0.1) is 0 Å². The number of piperidine rings is 1. The van der Waals surface area contributed by atoms with Gasteiger partial charge in [0.25, 0.3) is 0 Å². The maximum Gasteiger partial charge on any atom is 0.410 e. The van der Waals surface area contributed by atoms with E-state index in [-0.39, 0.29) is 49.1 Å². The number of sulfonamides is 1. The predicted octanol–water partition coefficient (Wildman–Crippen LogP) is 4.31. The Morgan fingerprint density at radius 2 is 1.87 bits per heavy atom. The van der Waals surface area contributed by atoms with Gasteiger partial charge in [0, 0.05) is 25.7 Å². The molecule has 2 aromatic rings. The first-order valence-electron chi connectivity index (χ1n) is 15.0. The predicted molar refractivity (Wildman–Crippen MR) is 165 cm³/mol. The molecule has 0 saturated carbocycles. The van der Waals surface area contributed by atoms with Crippen LogP contribution in [0.3, 0.4) is 0 Å². The van der Waals surface area contributed by atoms with Crippen molar-refractivity contribution in [3.8, 4) is 11.8 Å². The minimum atomic E-state index is -3.67. The highest BCUT2D eigenvalue weighted by Gasteiger charge is 2.47. The molecular formula is C32H42N4O8S. The van der Waals surface area contributed by atoms with Gasteiger partial charge in [0.1, 0.15) is 24.6 Å². The molecule has 2 saturated heterocycles. The molecule has 45 heavy (non-hydrogen) atoms. The van der Waals surface area contributed by atoms with Crippen molar-refractivity contribution >= 4 is 22.2 Å². The number of nitrogens with zero attached hydrogens (tertiary/aromatic N) is 3. The van der Waals surface area contributed by atoms with Crippen molar-refractivity contribution in [3.05, 3.63) is 60.2 Å². The van der Waals surface area contributed by atoms with Gasteiger partial charge in [0.05, 0.1) is 35.1 Å². The zero-order chi connectivity index (χ0) is 32.7. The number of carbonyl (C=O) groups is 2. The molecule has 4 rings (SSSR count). The molecule has 244 valence electrons. The minimum absolute atomic E-state index is 0.0297. The van der Waals surface area contributed by atoms with Crippen LogP contribution in [-0.2, 0) is 30.8 Å². The average Bonchev–Trinajstić information content (AvgIpc) is 3.42. The maximum absolute atomic E-state index is 13.4. The molecule has 2 fully saturated rings. The topological polar surface area (TPSA) is 148 Å². The Kier molecular flexibility index (Phi) is 11.0. The normalized spacial score (nSPS) is 18.6. The third kappa shape index (κ3) is 9.32. The Balaban J connectivity index is 1.38. The quantitative estimate of drug-likeness (QED) is 0.400. The summed E-state index contributed by atoms with van der Waals surface area (Å²) < 4.78 is 49.9. The van der Waals surface area contributed by atoms with Crippen LogP contribution in [0.25, 0.3) is 0 Å². The summed E-state index contributed by atoms with van der Waals surface area (Å²) >= 11 is 0. The van der Waals surface area contributed by atoms with E-state index >= 15 is 0 Å². The van der Waals surface area contributed by atoms with E-state index in [2.05, 4.69) is 10.8 Å². The molecule has 0 aromatic heterocycles. The SMILES string of the molecule is CNS(=O)(=O)c1cccc(OC[C@H](C#N)CN(C(=O)OC(C)(C)C)[C@H]2COC3(CCN(C(=O)OCc4ccccc4)CC3)C2)c1. The Morgan fingerprint density at radius 1 is 1.16 bits per heavy atom. The fraction of sp³-hybridized carbons (Fsp3) is 0.531. The minimum Gasteiger partial charge on any atom is -0.492 e. The van der Waals surface area contributed by atoms with Crippen LogP contribution in [0, 0.1) is 17.2 Å². The van der Waals surface area contributed by atoms with Gasteiger partial charge in [-0.25, -0.2) is 22.7 Å². The lowest BCUT2D eigenvalue weighted by molar-refractivity contribution is -0.0430. The number of likely N-dealkylation sites (tertiary alicyclic amines) is 1. The number of amides is 2. The lowest BCUT2D eigenvalue weighted by atomic mass is 9.87. The molecule has 0 bridgehead atoms. The van der Waals surface area contributed by atoms with E-state index in [4.69, 9.17) is 18.9 Å². The average molecular weight is 643 g/mol. The molecule has 2 atom stereocenters. The van der Waals surface area contributed by atoms with Crippen molar-refractivity contribution in [2.45, 2.75) is 68.8 Å². The molecule has 0 unspecified atom stereocenters. The third-order valence-electron chi connectivity index (χ3n) is 7.83. The Morgan fingerprint density at radius 3 is 2.51 bits per heavy atom. The maximum atomic E-state index is 13.4. The number of hydrogen-bond donors (Lipinski definition) is 1. The van der Waals surface area contributed by atoms with E-state index in [1.807, 2.05) is 30.3 Å². The molecule has 2 aromatic carbocycles. The van der Waals surface area contributed by atoms with Gasteiger partial charge in [0.15, 0.2) is 0 Å². The second kappa shape index (κ2) is 14.5. The number of carbonyl (C=O) groups excluding carboxylic acids is 2. The number of rotatable bonds is 10. The van der Waals surface area contributed by atoms with Crippen molar-refractivity contribution < 1.29 is 37.0 Å². The van der Waals surface area contributed by atoms with Crippen molar-refractivity contribution in [2.75, 3.05) is 39.9 Å². The van der Waals surface area contributed by atoms with Crippen molar-refractivity contribution in [1.29, 1.82) is 5.26 Å². The summed E-state index contributed by atoms with van der Waals surface area (Å²) in [6.07, 6.45) is 0.773. The summed E-state index contributed by atoms with van der Waals surface area (Å²) in [5.74, 6) is -0.451. The molecule has 12 nitrogen and oxygen atoms in total. The molecule has 2 aliphatic rings. The first-order valence-corrected chi connectivity index (χ1v) is 16.5. The van der Waals surface area contributed by atoms with Gasteiger partial charge < -0.3 is 28.7 Å². The number of nitrogens with one attached hydrogen (secondary N) is 1. The van der Waals surface area contributed by atoms with Crippen LogP contribution in [0.5, 0.6) is 5.75 Å². The second-order valence-corrected chi connectivity index (χ2v) is 14.2. The Labute approximate surface area is 265 Å². The molecule has 0 radical (unpaired) electrons. The Bertz CT molecular complexity index is 1460. The molecule has 0 aliphatic carbocycles. The monoisotopic (exact) mass is 642 g/mol. The summed E-state index contributed by atoms with van der Waals surface area (Å²) in [6, 6.07) is 17.3. The lowest BCUT2D eigenvalue weighted by Gasteiger charge is -2.38. The summed E-state index contributed by atoms with van der Waals surface area (Å²) in [6.45, 7) is 6.68. The van der Waals surface area contributed by atoms with E-state index in [1.165, 1.54) is 19.2 Å². The summed E-state index contributed by atoms with van der Waals surface area (Å²) in [7, 11) is -2.35. The largest absolute Gasteiger partial charge is 0.492 e. The van der Waals surface area contributed by atoms with E-state index in [0.29, 0.717) is 32.4 Å². The fourth-order valence-corrected chi connectivity index (χ4v) is 6.15. The number of hydrogen-bond acceptors (Lipinski definition) is 9. The Hall–Kier alpha value is -3.86. The van der Waals surface area contributed by atoms with Crippen LogP contribution in [0.2, 0.25) is 0 Å². The smallest absolute Gasteiger partial charge is 0.410 e. The van der Waals surface area contributed by atoms with Gasteiger partial charge >= 0.3 is 12.2 Å². The highest BCUT2D eigenvalue weighted by atomic mass is 32.2. The van der Waals surface area contributed by atoms with Crippen LogP contribution in [0.1, 0.15) is 45.6 Å². The highest BCUT2D eigenvalue weighted by Crippen LogP contribution is 2.38. The first kappa shape index (κ1) is 34.0. The van der Waals surface area contributed by atoms with E-state index < -0.39 is 33.2 Å². The zero-order valence-electron chi connectivity index (χ0n) is 26.2. The molecule has 1 spiro atoms. The molecule has 2 heterocycles. The number of nitriles is 1. The standard InChI is InChI=1S/C32H42N4O8S/c1-31(2,3)44-30(38)36(20-25(19-33)22-41-27-11-8-12-28(17-27)45(39,40)34-4)26-18-32(43-23-26)13-15-35(16-14-32)29(37)42-21-24-9-6-5-7-10-24/h5-12,17,25-26,34H,13-16,18,20-23H2,1-4H3/t25-,26-/m1/s1. The van der Waals surface area contributed by atoms with Crippen molar-refractivity contribution in [2.24, 2.45) is 5.92 Å². The highest BCUT2D eigenvalue weighted by molar-refractivity contribution is 7.89. The van der Waals surface area contributed by atoms with Gasteiger partial charge in [-0.3, -0.25) is 0 Å². The van der Waals surface area contributed by atoms with Crippen molar-refractivity contribution in [1.82, 2.24) is 14.5 Å². The van der Waals surface area contributed by atoms with Crippen LogP contribution < -0.4 is 9.46 Å². The van der Waals surface area contributed by atoms with E-state index in [0.717, 1.165) is 5.56 Å². The van der Waals surface area contributed by atoms with Crippen LogP contribution >= 0.6 is 0 Å². The molecule has 2 amide bonds. The molecule has 13 heteroatoms. The fourth-order valence-electron chi connectivity index (χ4n) is 5.38. The first-order chi connectivity index (χ1) is 21.3. The lowest BCUT2D eigenvalue weighted by Crippen LogP contribution is -2.49. The van der Waals surface area contributed by atoms with Gasteiger partial charge in [-0.2, -0.15) is 5.26 Å². The third-order valence-corrected chi connectivity index (χ3v) is 9.24. The molecular weight excluding hydrogens is 600 g/mol. The summed E-state index contributed by atoms with van der Waals surface area (Å²) in [4.78, 5) is 29.4. The van der Waals surface area contributed by atoms with Crippen LogP contribution in [-0.4, -0.2) is 87.5 Å². The van der Waals surface area contributed by atoms with E-state index in [9.17, 15) is 23.3 Å². The van der Waals surface area contributed by atoms with Gasteiger partial charge in [-0.1, -0.05) is 36.4 Å². The number of ether oxygens (including phenoxy) is 4. The number of benzene rings is 2. The summed E-state index contributed by atoms with van der Waals surface area (Å²) in [5, 5.41) is 9.98. The van der Waals surface area contributed by atoms with E-state index in [1.54, 1.807) is 42.7 Å².